The van der Waals surface area contributed by atoms with Crippen molar-refractivity contribution >= 4 is 27.3 Å². The summed E-state index contributed by atoms with van der Waals surface area (Å²) in [4.78, 5) is 14.6. The third-order valence-electron chi connectivity index (χ3n) is 1.96. The number of Topliss-reactive ketones (excluding diaryl/α,β-unsaturated/α-hetero) is 1. The van der Waals surface area contributed by atoms with Gasteiger partial charge < -0.3 is 0 Å². The summed E-state index contributed by atoms with van der Waals surface area (Å²) in [7, 11) is -4.30. The molecule has 92 valence electrons. The van der Waals surface area contributed by atoms with Gasteiger partial charge in [0.15, 0.2) is 0 Å². The van der Waals surface area contributed by atoms with E-state index in [1.54, 1.807) is 13.0 Å². The van der Waals surface area contributed by atoms with Crippen molar-refractivity contribution in [3.63, 3.8) is 0 Å². The molecule has 0 spiro atoms. The van der Waals surface area contributed by atoms with Crippen LogP contribution < -0.4 is 0 Å². The molecule has 0 amide bonds. The van der Waals surface area contributed by atoms with E-state index in [0.717, 1.165) is 0 Å². The molecule has 0 atom stereocenters. The van der Waals surface area contributed by atoms with Crippen molar-refractivity contribution in [2.24, 2.45) is 4.99 Å². The average Bonchev–Trinajstić information content (AvgIpc) is 2.15. The molecule has 6 heteroatoms. The maximum atomic E-state index is 11.1. The number of ketones is 1. The van der Waals surface area contributed by atoms with Gasteiger partial charge in [-0.2, -0.15) is 8.42 Å². The summed E-state index contributed by atoms with van der Waals surface area (Å²) in [5, 5.41) is 0. The molecule has 0 saturated carbocycles. The van der Waals surface area contributed by atoms with E-state index in [4.69, 9.17) is 4.55 Å². The lowest BCUT2D eigenvalue weighted by Gasteiger charge is -2.03. The molecule has 0 radical (unpaired) electrons. The van der Waals surface area contributed by atoms with E-state index in [-0.39, 0.29) is 22.8 Å². The van der Waals surface area contributed by atoms with Crippen molar-refractivity contribution in [3.8, 4) is 0 Å². The second-order valence-corrected chi connectivity index (χ2v) is 5.06. The number of carbonyl (C=O) groups excluding carboxylic acids is 1. The molecule has 0 saturated heterocycles. The first-order valence-corrected chi connectivity index (χ1v) is 6.35. The Balaban J connectivity index is 3.20. The van der Waals surface area contributed by atoms with Crippen LogP contribution in [0.15, 0.2) is 34.2 Å². The molecule has 1 N–H and O–H groups in total. The van der Waals surface area contributed by atoms with Gasteiger partial charge in [-0.25, -0.2) is 0 Å². The lowest BCUT2D eigenvalue weighted by molar-refractivity contribution is -0.115. The Hall–Kier alpha value is -1.53. The third kappa shape index (κ3) is 4.08. The SMILES string of the molecule is CC(=O)CC(C)=Nc1ccccc1S(=O)(=O)O. The summed E-state index contributed by atoms with van der Waals surface area (Å²) in [6.07, 6.45) is 0.153. The number of benzene rings is 1. The molecule has 17 heavy (non-hydrogen) atoms. The van der Waals surface area contributed by atoms with Crippen LogP contribution >= 0.6 is 0 Å². The molecule has 0 bridgehead atoms. The summed E-state index contributed by atoms with van der Waals surface area (Å²) in [6.45, 7) is 3.05. The summed E-state index contributed by atoms with van der Waals surface area (Å²) in [5.74, 6) is -0.0596. The highest BCUT2D eigenvalue weighted by molar-refractivity contribution is 7.86. The number of rotatable bonds is 4. The Kier molecular flexibility index (Phi) is 4.14. The third-order valence-corrected chi connectivity index (χ3v) is 2.86. The number of nitrogens with zero attached hydrogens (tertiary/aromatic N) is 1. The molecule has 0 heterocycles. The van der Waals surface area contributed by atoms with E-state index < -0.39 is 10.1 Å². The van der Waals surface area contributed by atoms with E-state index in [2.05, 4.69) is 4.99 Å². The number of aliphatic imine (C=N–C) groups is 1. The zero-order valence-corrected chi connectivity index (χ0v) is 10.4. The number of carbonyl (C=O) groups is 1. The Bertz CT molecular complexity index is 561. The quantitative estimate of drug-likeness (QED) is 0.658. The zero-order chi connectivity index (χ0) is 13.1. The van der Waals surface area contributed by atoms with E-state index in [1.165, 1.54) is 25.1 Å². The minimum absolute atomic E-state index is 0.0596. The van der Waals surface area contributed by atoms with Crippen LogP contribution in [-0.4, -0.2) is 24.5 Å². The smallest absolute Gasteiger partial charge is 0.296 e. The van der Waals surface area contributed by atoms with Gasteiger partial charge in [-0.1, -0.05) is 12.1 Å². The van der Waals surface area contributed by atoms with Crippen LogP contribution in [0.25, 0.3) is 0 Å². The van der Waals surface area contributed by atoms with E-state index in [9.17, 15) is 13.2 Å². The summed E-state index contributed by atoms with van der Waals surface area (Å²) >= 11 is 0. The Morgan fingerprint density at radius 3 is 2.41 bits per heavy atom. The van der Waals surface area contributed by atoms with Crippen molar-refractivity contribution in [3.05, 3.63) is 24.3 Å². The monoisotopic (exact) mass is 255 g/mol. The molecular weight excluding hydrogens is 242 g/mol. The van der Waals surface area contributed by atoms with Crippen LogP contribution in [0.4, 0.5) is 5.69 Å². The normalized spacial score (nSPS) is 12.5. The molecular formula is C11H13NO4S. The summed E-state index contributed by atoms with van der Waals surface area (Å²) < 4.78 is 31.2. The molecule has 1 aromatic carbocycles. The predicted octanol–water partition coefficient (Wildman–Crippen LogP) is 2.00. The molecule has 0 aliphatic heterocycles. The second kappa shape index (κ2) is 5.20. The average molecular weight is 255 g/mol. The highest BCUT2D eigenvalue weighted by atomic mass is 32.2. The highest BCUT2D eigenvalue weighted by Crippen LogP contribution is 2.23. The number of hydrogen-bond donors (Lipinski definition) is 1. The van der Waals surface area contributed by atoms with E-state index in [0.29, 0.717) is 5.71 Å². The van der Waals surface area contributed by atoms with Gasteiger partial charge in [0.05, 0.1) is 5.69 Å². The van der Waals surface area contributed by atoms with Crippen LogP contribution in [0.5, 0.6) is 0 Å². The van der Waals surface area contributed by atoms with Crippen LogP contribution in [0.3, 0.4) is 0 Å². The lowest BCUT2D eigenvalue weighted by atomic mass is 10.2. The van der Waals surface area contributed by atoms with Gasteiger partial charge in [0.1, 0.15) is 10.7 Å². The van der Waals surface area contributed by atoms with Gasteiger partial charge in [0.25, 0.3) is 10.1 Å². The van der Waals surface area contributed by atoms with Crippen molar-refractivity contribution in [2.45, 2.75) is 25.2 Å². The van der Waals surface area contributed by atoms with Gasteiger partial charge in [-0.3, -0.25) is 14.3 Å². The van der Waals surface area contributed by atoms with Crippen LogP contribution in [0.2, 0.25) is 0 Å². The fraction of sp³-hybridized carbons (Fsp3) is 0.273. The first-order chi connectivity index (χ1) is 7.80. The van der Waals surface area contributed by atoms with Crippen LogP contribution in [0, 0.1) is 0 Å². The topological polar surface area (TPSA) is 83.8 Å². The Morgan fingerprint density at radius 2 is 1.88 bits per heavy atom. The van der Waals surface area contributed by atoms with Crippen molar-refractivity contribution in [1.29, 1.82) is 0 Å². The fourth-order valence-electron chi connectivity index (χ4n) is 1.37. The maximum Gasteiger partial charge on any atom is 0.296 e. The summed E-state index contributed by atoms with van der Waals surface area (Å²) in [6, 6.07) is 5.82. The van der Waals surface area contributed by atoms with Gasteiger partial charge in [-0.05, 0) is 26.0 Å². The molecule has 0 aliphatic rings. The van der Waals surface area contributed by atoms with Gasteiger partial charge in [0.2, 0.25) is 0 Å². The minimum atomic E-state index is -4.30. The Morgan fingerprint density at radius 1 is 1.29 bits per heavy atom. The van der Waals surface area contributed by atoms with Crippen LogP contribution in [-0.2, 0) is 14.9 Å². The first kappa shape index (κ1) is 13.5. The van der Waals surface area contributed by atoms with Crippen molar-refractivity contribution in [1.82, 2.24) is 0 Å². The van der Waals surface area contributed by atoms with E-state index >= 15 is 0 Å². The molecule has 1 rings (SSSR count). The van der Waals surface area contributed by atoms with Gasteiger partial charge in [-0.15, -0.1) is 0 Å². The molecule has 5 nitrogen and oxygen atoms in total. The number of para-hydroxylation sites is 1. The maximum absolute atomic E-state index is 11.1. The molecule has 0 unspecified atom stereocenters. The zero-order valence-electron chi connectivity index (χ0n) is 9.54. The van der Waals surface area contributed by atoms with E-state index in [1.807, 2.05) is 0 Å². The van der Waals surface area contributed by atoms with Gasteiger partial charge >= 0.3 is 0 Å². The lowest BCUT2D eigenvalue weighted by Crippen LogP contribution is -2.01. The standard InChI is InChI=1S/C11H13NO4S/c1-8(7-9(2)13)12-10-5-3-4-6-11(10)17(14,15)16/h3-6H,7H2,1-2H3,(H,14,15,16). The molecule has 0 aromatic heterocycles. The highest BCUT2D eigenvalue weighted by Gasteiger charge is 2.14. The second-order valence-electron chi connectivity index (χ2n) is 3.67. The molecule has 1 aromatic rings. The Labute approximate surface area is 99.9 Å². The van der Waals surface area contributed by atoms with Crippen molar-refractivity contribution in [2.75, 3.05) is 0 Å². The molecule has 0 fully saturated rings. The predicted molar refractivity (Wildman–Crippen MR) is 64.3 cm³/mol. The fourth-order valence-corrected chi connectivity index (χ4v) is 2.00. The summed E-state index contributed by atoms with van der Waals surface area (Å²) in [5.41, 5.74) is 0.627. The van der Waals surface area contributed by atoms with Crippen molar-refractivity contribution < 1.29 is 17.8 Å². The van der Waals surface area contributed by atoms with Crippen LogP contribution in [0.1, 0.15) is 20.3 Å². The molecule has 0 aliphatic carbocycles. The largest absolute Gasteiger partial charge is 0.300 e. The van der Waals surface area contributed by atoms with Gasteiger partial charge in [0, 0.05) is 12.1 Å². The first-order valence-electron chi connectivity index (χ1n) is 4.91. The number of hydrogen-bond acceptors (Lipinski definition) is 4. The minimum Gasteiger partial charge on any atom is -0.300 e.